The fourth-order valence-electron chi connectivity index (χ4n) is 2.86. The molecule has 1 aliphatic heterocycles. The third-order valence-corrected chi connectivity index (χ3v) is 4.22. The third-order valence-electron chi connectivity index (χ3n) is 4.22. The molecule has 4 nitrogen and oxygen atoms in total. The lowest BCUT2D eigenvalue weighted by Crippen LogP contribution is -2.46. The van der Waals surface area contributed by atoms with E-state index in [1.807, 2.05) is 6.07 Å². The number of unbranched alkanes of at least 4 members (excludes halogenated alkanes) is 2. The van der Waals surface area contributed by atoms with Crippen molar-refractivity contribution in [2.45, 2.75) is 25.8 Å². The van der Waals surface area contributed by atoms with Crippen molar-refractivity contribution in [3.8, 4) is 5.75 Å². The molecule has 0 aliphatic carbocycles. The Labute approximate surface area is 132 Å². The topological polar surface area (TPSA) is 35.9 Å². The van der Waals surface area contributed by atoms with E-state index in [2.05, 4.69) is 9.80 Å². The van der Waals surface area contributed by atoms with E-state index in [1.165, 1.54) is 7.11 Å². The molecule has 124 valence electrons. The number of nitrogens with zero attached hydrogens (tertiary/aromatic N) is 2. The van der Waals surface area contributed by atoms with E-state index < -0.39 is 0 Å². The quantitative estimate of drug-likeness (QED) is 0.746. The van der Waals surface area contributed by atoms with Gasteiger partial charge in [-0.05, 0) is 43.5 Å². The highest BCUT2D eigenvalue weighted by molar-refractivity contribution is 5.29. The van der Waals surface area contributed by atoms with Crippen LogP contribution < -0.4 is 4.74 Å². The largest absolute Gasteiger partial charge is 0.494 e. The fourth-order valence-corrected chi connectivity index (χ4v) is 2.86. The standard InChI is InChI=1S/C17H27FN2O2/c1-22-17-6-5-15(13-16(17)18)14-20-10-8-19(9-11-20)7-3-2-4-12-21/h5-6,13,21H,2-4,7-12,14H2,1H3. The Hall–Kier alpha value is -1.17. The number of aliphatic hydroxyl groups excluding tert-OH is 1. The van der Waals surface area contributed by atoms with Crippen LogP contribution in [0.15, 0.2) is 18.2 Å². The van der Waals surface area contributed by atoms with E-state index in [1.54, 1.807) is 12.1 Å². The first kappa shape index (κ1) is 17.2. The molecule has 1 N–H and O–H groups in total. The van der Waals surface area contributed by atoms with Gasteiger partial charge in [0.1, 0.15) is 0 Å². The normalized spacial score (nSPS) is 16.9. The Morgan fingerprint density at radius 3 is 2.45 bits per heavy atom. The molecule has 1 fully saturated rings. The molecular weight excluding hydrogens is 283 g/mol. The lowest BCUT2D eigenvalue weighted by Gasteiger charge is -2.34. The van der Waals surface area contributed by atoms with Gasteiger partial charge < -0.3 is 14.7 Å². The molecule has 0 bridgehead atoms. The molecule has 1 saturated heterocycles. The van der Waals surface area contributed by atoms with Gasteiger partial charge in [-0.3, -0.25) is 4.90 Å². The molecule has 2 rings (SSSR count). The van der Waals surface area contributed by atoms with Gasteiger partial charge in [-0.2, -0.15) is 0 Å². The molecule has 1 aromatic carbocycles. The number of ether oxygens (including phenoxy) is 1. The molecule has 0 spiro atoms. The highest BCUT2D eigenvalue weighted by atomic mass is 19.1. The summed E-state index contributed by atoms with van der Waals surface area (Å²) in [6.45, 7) is 6.38. The summed E-state index contributed by atoms with van der Waals surface area (Å²) in [7, 11) is 1.48. The van der Waals surface area contributed by atoms with Crippen molar-refractivity contribution >= 4 is 0 Å². The number of piperazine rings is 1. The second-order valence-electron chi connectivity index (χ2n) is 5.87. The van der Waals surface area contributed by atoms with Gasteiger partial charge in [0.15, 0.2) is 11.6 Å². The predicted octanol–water partition coefficient (Wildman–Crippen LogP) is 2.11. The SMILES string of the molecule is COc1ccc(CN2CCN(CCCCCO)CC2)cc1F. The van der Waals surface area contributed by atoms with Gasteiger partial charge in [0, 0.05) is 39.3 Å². The van der Waals surface area contributed by atoms with Crippen LogP contribution in [0.1, 0.15) is 24.8 Å². The molecule has 0 atom stereocenters. The van der Waals surface area contributed by atoms with E-state index in [9.17, 15) is 4.39 Å². The van der Waals surface area contributed by atoms with Crippen LogP contribution in [0.4, 0.5) is 4.39 Å². The molecule has 0 unspecified atom stereocenters. The average Bonchev–Trinajstić information content (AvgIpc) is 2.53. The first-order valence-corrected chi connectivity index (χ1v) is 8.11. The van der Waals surface area contributed by atoms with Crippen LogP contribution in [0, 0.1) is 5.82 Å². The zero-order chi connectivity index (χ0) is 15.8. The average molecular weight is 310 g/mol. The van der Waals surface area contributed by atoms with E-state index in [0.717, 1.165) is 64.1 Å². The number of rotatable bonds is 8. The maximum atomic E-state index is 13.7. The highest BCUT2D eigenvalue weighted by Crippen LogP contribution is 2.19. The van der Waals surface area contributed by atoms with E-state index >= 15 is 0 Å². The zero-order valence-corrected chi connectivity index (χ0v) is 13.4. The molecular formula is C17H27FN2O2. The van der Waals surface area contributed by atoms with Gasteiger partial charge in [-0.15, -0.1) is 0 Å². The summed E-state index contributed by atoms with van der Waals surface area (Å²) < 4.78 is 18.6. The Morgan fingerprint density at radius 2 is 1.82 bits per heavy atom. The second-order valence-corrected chi connectivity index (χ2v) is 5.87. The summed E-state index contributed by atoms with van der Waals surface area (Å²) in [5.74, 6) is 0.0129. The van der Waals surface area contributed by atoms with Gasteiger partial charge in [0.05, 0.1) is 7.11 Å². The summed E-state index contributed by atoms with van der Waals surface area (Å²) in [4.78, 5) is 4.84. The van der Waals surface area contributed by atoms with E-state index in [0.29, 0.717) is 12.4 Å². The van der Waals surface area contributed by atoms with Crippen molar-refractivity contribution in [2.24, 2.45) is 0 Å². The Morgan fingerprint density at radius 1 is 1.09 bits per heavy atom. The molecule has 22 heavy (non-hydrogen) atoms. The number of hydrogen-bond acceptors (Lipinski definition) is 4. The second kappa shape index (κ2) is 9.08. The lowest BCUT2D eigenvalue weighted by molar-refractivity contribution is 0.125. The smallest absolute Gasteiger partial charge is 0.165 e. The van der Waals surface area contributed by atoms with E-state index in [-0.39, 0.29) is 5.82 Å². The summed E-state index contributed by atoms with van der Waals surface area (Å²) >= 11 is 0. The van der Waals surface area contributed by atoms with Crippen LogP contribution in [0.5, 0.6) is 5.75 Å². The molecule has 0 amide bonds. The van der Waals surface area contributed by atoms with Gasteiger partial charge in [-0.25, -0.2) is 4.39 Å². The van der Waals surface area contributed by atoms with Crippen molar-refractivity contribution < 1.29 is 14.2 Å². The number of halogens is 1. The van der Waals surface area contributed by atoms with Crippen molar-refractivity contribution in [1.29, 1.82) is 0 Å². The highest BCUT2D eigenvalue weighted by Gasteiger charge is 2.17. The minimum atomic E-state index is -0.289. The first-order chi connectivity index (χ1) is 10.7. The molecule has 1 aromatic rings. The molecule has 1 aliphatic rings. The summed E-state index contributed by atoms with van der Waals surface area (Å²) in [6.07, 6.45) is 3.16. The van der Waals surface area contributed by atoms with Crippen molar-refractivity contribution in [2.75, 3.05) is 46.4 Å². The minimum Gasteiger partial charge on any atom is -0.494 e. The van der Waals surface area contributed by atoms with Crippen molar-refractivity contribution in [3.63, 3.8) is 0 Å². The Kier molecular flexibility index (Phi) is 7.09. The Bertz CT molecular complexity index is 448. The maximum Gasteiger partial charge on any atom is 0.165 e. The van der Waals surface area contributed by atoms with Crippen LogP contribution in [-0.4, -0.2) is 61.3 Å². The van der Waals surface area contributed by atoms with Gasteiger partial charge >= 0.3 is 0 Å². The van der Waals surface area contributed by atoms with Crippen LogP contribution in [0.3, 0.4) is 0 Å². The number of hydrogen-bond donors (Lipinski definition) is 1. The van der Waals surface area contributed by atoms with Crippen molar-refractivity contribution in [1.82, 2.24) is 9.80 Å². The summed E-state index contributed by atoms with van der Waals surface area (Å²) in [6, 6.07) is 5.20. The molecule has 5 heteroatoms. The third kappa shape index (κ3) is 5.23. The minimum absolute atomic E-state index is 0.289. The molecule has 1 heterocycles. The summed E-state index contributed by atoms with van der Waals surface area (Å²) in [5.41, 5.74) is 0.995. The van der Waals surface area contributed by atoms with Crippen molar-refractivity contribution in [3.05, 3.63) is 29.6 Å². The molecule has 0 saturated carbocycles. The van der Waals surface area contributed by atoms with Crippen LogP contribution in [-0.2, 0) is 6.54 Å². The van der Waals surface area contributed by atoms with Gasteiger partial charge in [0.25, 0.3) is 0 Å². The lowest BCUT2D eigenvalue weighted by atomic mass is 10.1. The van der Waals surface area contributed by atoms with Crippen LogP contribution in [0.2, 0.25) is 0 Å². The number of aliphatic hydroxyl groups is 1. The number of benzene rings is 1. The zero-order valence-electron chi connectivity index (χ0n) is 13.4. The molecule has 0 radical (unpaired) electrons. The van der Waals surface area contributed by atoms with Gasteiger partial charge in [0.2, 0.25) is 0 Å². The summed E-state index contributed by atoms with van der Waals surface area (Å²) in [5, 5.41) is 8.78. The fraction of sp³-hybridized carbons (Fsp3) is 0.647. The molecule has 0 aromatic heterocycles. The van der Waals surface area contributed by atoms with Crippen LogP contribution in [0.25, 0.3) is 0 Å². The van der Waals surface area contributed by atoms with Gasteiger partial charge in [-0.1, -0.05) is 6.07 Å². The van der Waals surface area contributed by atoms with Crippen LogP contribution >= 0.6 is 0 Å². The monoisotopic (exact) mass is 310 g/mol. The maximum absolute atomic E-state index is 13.7. The predicted molar refractivity (Wildman–Crippen MR) is 85.6 cm³/mol. The number of methoxy groups -OCH3 is 1. The first-order valence-electron chi connectivity index (χ1n) is 8.11. The Balaban J connectivity index is 1.72. The van der Waals surface area contributed by atoms with E-state index in [4.69, 9.17) is 9.84 Å².